The molecule has 3 heteroatoms. The highest BCUT2D eigenvalue weighted by Crippen LogP contribution is 2.32. The van der Waals surface area contributed by atoms with Gasteiger partial charge in [-0.2, -0.15) is 0 Å². The lowest BCUT2D eigenvalue weighted by molar-refractivity contribution is 0.356. The third kappa shape index (κ3) is 2.18. The Labute approximate surface area is 117 Å². The number of rotatable bonds is 3. The molecule has 0 N–H and O–H groups in total. The molecule has 99 valence electrons. The first kappa shape index (κ1) is 12.5. The van der Waals surface area contributed by atoms with E-state index in [1.54, 1.807) is 14.2 Å². The van der Waals surface area contributed by atoms with Crippen LogP contribution < -0.4 is 9.47 Å². The van der Waals surface area contributed by atoms with Crippen molar-refractivity contribution in [3.63, 3.8) is 0 Å². The average Bonchev–Trinajstić information content (AvgIpc) is 2.53. The molecule has 0 aliphatic heterocycles. The normalized spacial score (nSPS) is 10.5. The quantitative estimate of drug-likeness (QED) is 0.722. The average molecular weight is 264 g/mol. The molecule has 0 amide bonds. The van der Waals surface area contributed by atoms with Gasteiger partial charge in [-0.1, -0.05) is 18.2 Å². The van der Waals surface area contributed by atoms with E-state index in [0.29, 0.717) is 11.5 Å². The number of fused-ring (bicyclic) bond motifs is 1. The van der Waals surface area contributed by atoms with Crippen LogP contribution in [0.2, 0.25) is 0 Å². The Morgan fingerprint density at radius 1 is 1.00 bits per heavy atom. The molecule has 1 aromatic heterocycles. The number of hydrogen-bond acceptors (Lipinski definition) is 3. The second kappa shape index (κ2) is 5.21. The number of pyridine rings is 1. The third-order valence-electron chi connectivity index (χ3n) is 3.23. The van der Waals surface area contributed by atoms with Crippen molar-refractivity contribution in [3.8, 4) is 22.6 Å². The van der Waals surface area contributed by atoms with Crippen LogP contribution in [0, 0.1) is 6.07 Å². The van der Waals surface area contributed by atoms with Crippen LogP contribution in [0.15, 0.2) is 48.7 Å². The summed E-state index contributed by atoms with van der Waals surface area (Å²) < 4.78 is 10.6. The van der Waals surface area contributed by atoms with Gasteiger partial charge in [-0.25, -0.2) is 0 Å². The summed E-state index contributed by atoms with van der Waals surface area (Å²) >= 11 is 0. The lowest BCUT2D eigenvalue weighted by Gasteiger charge is -2.09. The highest BCUT2D eigenvalue weighted by atomic mass is 16.5. The Morgan fingerprint density at radius 2 is 1.80 bits per heavy atom. The highest BCUT2D eigenvalue weighted by molar-refractivity contribution is 5.86. The second-order valence-corrected chi connectivity index (χ2v) is 4.42. The molecule has 0 aliphatic carbocycles. The van der Waals surface area contributed by atoms with Crippen molar-refractivity contribution < 1.29 is 9.47 Å². The minimum Gasteiger partial charge on any atom is -0.493 e. The van der Waals surface area contributed by atoms with E-state index in [4.69, 9.17) is 9.47 Å². The van der Waals surface area contributed by atoms with E-state index in [2.05, 4.69) is 17.1 Å². The Hall–Kier alpha value is -2.55. The number of ether oxygens (including phenoxy) is 2. The van der Waals surface area contributed by atoms with E-state index in [1.807, 2.05) is 42.6 Å². The summed E-state index contributed by atoms with van der Waals surface area (Å²) in [4.78, 5) is 4.49. The van der Waals surface area contributed by atoms with Gasteiger partial charge in [-0.05, 0) is 29.8 Å². The Kier molecular flexibility index (Phi) is 3.25. The predicted octanol–water partition coefficient (Wildman–Crippen LogP) is 3.72. The van der Waals surface area contributed by atoms with Crippen LogP contribution in [0.5, 0.6) is 11.5 Å². The molecule has 0 bridgehead atoms. The van der Waals surface area contributed by atoms with Gasteiger partial charge >= 0.3 is 0 Å². The van der Waals surface area contributed by atoms with Crippen LogP contribution in [0.4, 0.5) is 0 Å². The molecule has 3 aromatic rings. The van der Waals surface area contributed by atoms with E-state index in [9.17, 15) is 0 Å². The first-order chi connectivity index (χ1) is 9.81. The lowest BCUT2D eigenvalue weighted by Crippen LogP contribution is -1.91. The van der Waals surface area contributed by atoms with Crippen LogP contribution in [0.25, 0.3) is 22.0 Å². The molecular weight excluding hydrogens is 250 g/mol. The summed E-state index contributed by atoms with van der Waals surface area (Å²) in [6.07, 6.45) is 1.86. The highest BCUT2D eigenvalue weighted by Gasteiger charge is 2.08. The van der Waals surface area contributed by atoms with Crippen molar-refractivity contribution >= 4 is 10.9 Å². The largest absolute Gasteiger partial charge is 0.493 e. The van der Waals surface area contributed by atoms with Gasteiger partial charge in [0.2, 0.25) is 0 Å². The summed E-state index contributed by atoms with van der Waals surface area (Å²) in [6, 6.07) is 16.8. The smallest absolute Gasteiger partial charge is 0.162 e. The predicted molar refractivity (Wildman–Crippen MR) is 79.1 cm³/mol. The molecule has 3 nitrogen and oxygen atoms in total. The molecule has 3 rings (SSSR count). The zero-order valence-corrected chi connectivity index (χ0v) is 11.4. The van der Waals surface area contributed by atoms with Crippen molar-refractivity contribution in [3.05, 3.63) is 54.7 Å². The first-order valence-corrected chi connectivity index (χ1v) is 6.30. The molecule has 0 unspecified atom stereocenters. The summed E-state index contributed by atoms with van der Waals surface area (Å²) in [5.74, 6) is 1.40. The van der Waals surface area contributed by atoms with Gasteiger partial charge in [0.15, 0.2) is 11.5 Å². The topological polar surface area (TPSA) is 31.4 Å². The minimum atomic E-state index is 0.688. The molecule has 1 radical (unpaired) electrons. The van der Waals surface area contributed by atoms with Crippen LogP contribution in [-0.4, -0.2) is 19.2 Å². The van der Waals surface area contributed by atoms with E-state index in [1.165, 1.54) is 0 Å². The zero-order valence-electron chi connectivity index (χ0n) is 11.4. The maximum absolute atomic E-state index is 5.33. The first-order valence-electron chi connectivity index (χ1n) is 6.30. The van der Waals surface area contributed by atoms with Gasteiger partial charge in [0.05, 0.1) is 19.7 Å². The van der Waals surface area contributed by atoms with Gasteiger partial charge < -0.3 is 9.47 Å². The van der Waals surface area contributed by atoms with Crippen LogP contribution in [0.1, 0.15) is 0 Å². The monoisotopic (exact) mass is 264 g/mol. The Balaban J connectivity index is 2.16. The second-order valence-electron chi connectivity index (χ2n) is 4.42. The van der Waals surface area contributed by atoms with E-state index in [-0.39, 0.29) is 0 Å². The Bertz CT molecular complexity index is 739. The van der Waals surface area contributed by atoms with E-state index >= 15 is 0 Å². The van der Waals surface area contributed by atoms with Crippen molar-refractivity contribution in [2.75, 3.05) is 14.2 Å². The molecule has 0 atom stereocenters. The van der Waals surface area contributed by atoms with Crippen LogP contribution in [0.3, 0.4) is 0 Å². The molecule has 0 spiro atoms. The molecule has 20 heavy (non-hydrogen) atoms. The summed E-state index contributed by atoms with van der Waals surface area (Å²) in [5.41, 5.74) is 3.03. The van der Waals surface area contributed by atoms with Crippen molar-refractivity contribution in [1.82, 2.24) is 4.98 Å². The summed E-state index contributed by atoms with van der Waals surface area (Å²) in [6.45, 7) is 0. The van der Waals surface area contributed by atoms with Gasteiger partial charge in [0.1, 0.15) is 0 Å². The number of nitrogens with zero attached hydrogens (tertiary/aromatic N) is 1. The molecule has 0 aliphatic rings. The Morgan fingerprint density at radius 3 is 2.50 bits per heavy atom. The number of hydrogen-bond donors (Lipinski definition) is 0. The molecule has 1 heterocycles. The maximum atomic E-state index is 5.33. The number of methoxy groups -OCH3 is 2. The van der Waals surface area contributed by atoms with Crippen molar-refractivity contribution in [1.29, 1.82) is 0 Å². The number of benzene rings is 2. The van der Waals surface area contributed by atoms with Crippen molar-refractivity contribution in [2.24, 2.45) is 0 Å². The molecule has 0 saturated heterocycles. The van der Waals surface area contributed by atoms with E-state index in [0.717, 1.165) is 22.0 Å². The SMILES string of the molecule is COc1cc2cc(-c3c[c]ccc3)cnc2cc1OC. The molecule has 2 aromatic carbocycles. The summed E-state index contributed by atoms with van der Waals surface area (Å²) in [5, 5.41) is 1.02. The van der Waals surface area contributed by atoms with Gasteiger partial charge in [0.25, 0.3) is 0 Å². The zero-order chi connectivity index (χ0) is 13.9. The molecule has 0 fully saturated rings. The summed E-state index contributed by atoms with van der Waals surface area (Å²) in [7, 11) is 3.25. The van der Waals surface area contributed by atoms with Gasteiger partial charge in [0, 0.05) is 23.2 Å². The van der Waals surface area contributed by atoms with E-state index < -0.39 is 0 Å². The van der Waals surface area contributed by atoms with Gasteiger partial charge in [-0.15, -0.1) is 0 Å². The van der Waals surface area contributed by atoms with Crippen LogP contribution in [-0.2, 0) is 0 Å². The maximum Gasteiger partial charge on any atom is 0.162 e. The van der Waals surface area contributed by atoms with Crippen LogP contribution >= 0.6 is 0 Å². The molecular formula is C17H14NO2. The fraction of sp³-hybridized carbons (Fsp3) is 0.118. The lowest BCUT2D eigenvalue weighted by atomic mass is 10.1. The van der Waals surface area contributed by atoms with Gasteiger partial charge in [-0.3, -0.25) is 4.98 Å². The molecule has 0 saturated carbocycles. The number of aromatic nitrogens is 1. The fourth-order valence-corrected chi connectivity index (χ4v) is 2.19. The fourth-order valence-electron chi connectivity index (χ4n) is 2.19. The minimum absolute atomic E-state index is 0.688. The third-order valence-corrected chi connectivity index (χ3v) is 3.23. The van der Waals surface area contributed by atoms with Crippen molar-refractivity contribution in [2.45, 2.75) is 0 Å². The standard InChI is InChI=1S/C17H14NO2/c1-19-16-9-13-8-14(12-6-4-3-5-7-12)11-18-15(13)10-17(16)20-2/h3-4,6-11H,1-2H3.